The SMILES string of the molecule is Cc1ccc(N)cc1C.O=Cc1ccccc1. The molecular weight excluding hydrogens is 210 g/mol. The number of aryl methyl sites for hydroxylation is 2. The van der Waals surface area contributed by atoms with E-state index in [0.717, 1.165) is 17.5 Å². The fourth-order valence-corrected chi connectivity index (χ4v) is 1.30. The summed E-state index contributed by atoms with van der Waals surface area (Å²) in [6.07, 6.45) is 0.833. The lowest BCUT2D eigenvalue weighted by molar-refractivity contribution is 0.112. The molecule has 0 amide bonds. The van der Waals surface area contributed by atoms with Crippen LogP contribution in [0.3, 0.4) is 0 Å². The maximum absolute atomic E-state index is 10.0. The zero-order chi connectivity index (χ0) is 12.7. The van der Waals surface area contributed by atoms with Gasteiger partial charge in [0.1, 0.15) is 6.29 Å². The first-order chi connectivity index (χ1) is 8.13. The molecule has 0 fully saturated rings. The molecule has 2 aromatic carbocycles. The van der Waals surface area contributed by atoms with Gasteiger partial charge in [0.05, 0.1) is 0 Å². The standard InChI is InChI=1S/C8H11N.C7H6O/c1-6-3-4-8(9)5-7(6)2;8-6-7-4-2-1-3-5-7/h3-5H,9H2,1-2H3;1-6H. The Bertz CT molecular complexity index is 478. The van der Waals surface area contributed by atoms with E-state index in [2.05, 4.69) is 13.8 Å². The second-order valence-corrected chi connectivity index (χ2v) is 3.87. The van der Waals surface area contributed by atoms with Gasteiger partial charge in [0.25, 0.3) is 0 Å². The monoisotopic (exact) mass is 227 g/mol. The molecule has 2 nitrogen and oxygen atoms in total. The van der Waals surface area contributed by atoms with Crippen molar-refractivity contribution in [3.05, 3.63) is 65.2 Å². The molecule has 2 rings (SSSR count). The van der Waals surface area contributed by atoms with Crippen LogP contribution in [0, 0.1) is 13.8 Å². The van der Waals surface area contributed by atoms with E-state index in [1.807, 2.05) is 36.4 Å². The summed E-state index contributed by atoms with van der Waals surface area (Å²) in [5.41, 5.74) is 9.66. The zero-order valence-electron chi connectivity index (χ0n) is 10.2. The predicted octanol–water partition coefficient (Wildman–Crippen LogP) is 3.38. The van der Waals surface area contributed by atoms with Crippen molar-refractivity contribution in [1.82, 2.24) is 0 Å². The third-order valence-electron chi connectivity index (χ3n) is 2.47. The van der Waals surface area contributed by atoms with Crippen molar-refractivity contribution in [3.63, 3.8) is 0 Å². The smallest absolute Gasteiger partial charge is 0.150 e. The Morgan fingerprint density at radius 3 is 2.00 bits per heavy atom. The number of aldehydes is 1. The molecule has 0 saturated heterocycles. The fourth-order valence-electron chi connectivity index (χ4n) is 1.30. The second kappa shape index (κ2) is 6.48. The van der Waals surface area contributed by atoms with Crippen LogP contribution < -0.4 is 5.73 Å². The predicted molar refractivity (Wildman–Crippen MR) is 72.2 cm³/mol. The third kappa shape index (κ3) is 4.51. The Labute approximate surface area is 102 Å². The molecule has 0 aliphatic rings. The van der Waals surface area contributed by atoms with Gasteiger partial charge in [0, 0.05) is 11.3 Å². The Hall–Kier alpha value is -2.09. The summed E-state index contributed by atoms with van der Waals surface area (Å²) < 4.78 is 0. The van der Waals surface area contributed by atoms with E-state index in [0.29, 0.717) is 0 Å². The molecule has 0 unspecified atom stereocenters. The highest BCUT2D eigenvalue weighted by Gasteiger charge is 1.89. The number of nitrogen functional groups attached to an aromatic ring is 1. The van der Waals surface area contributed by atoms with Crippen LogP contribution >= 0.6 is 0 Å². The lowest BCUT2D eigenvalue weighted by atomic mass is 10.1. The number of rotatable bonds is 1. The summed E-state index contributed by atoms with van der Waals surface area (Å²) in [6.45, 7) is 4.14. The summed E-state index contributed by atoms with van der Waals surface area (Å²) in [6, 6.07) is 15.0. The Balaban J connectivity index is 0.000000171. The van der Waals surface area contributed by atoms with Gasteiger partial charge >= 0.3 is 0 Å². The van der Waals surface area contributed by atoms with Crippen LogP contribution in [0.15, 0.2) is 48.5 Å². The first-order valence-corrected chi connectivity index (χ1v) is 5.46. The van der Waals surface area contributed by atoms with Crippen LogP contribution in [-0.4, -0.2) is 6.29 Å². The summed E-state index contributed by atoms with van der Waals surface area (Å²) in [5, 5.41) is 0. The summed E-state index contributed by atoms with van der Waals surface area (Å²) >= 11 is 0. The van der Waals surface area contributed by atoms with Gasteiger partial charge in [-0.3, -0.25) is 4.79 Å². The zero-order valence-corrected chi connectivity index (χ0v) is 10.2. The maximum atomic E-state index is 10.0. The van der Waals surface area contributed by atoms with Gasteiger partial charge in [0.15, 0.2) is 0 Å². The minimum Gasteiger partial charge on any atom is -0.399 e. The molecule has 88 valence electrons. The van der Waals surface area contributed by atoms with Crippen LogP contribution in [0.25, 0.3) is 0 Å². The first kappa shape index (κ1) is 13.0. The van der Waals surface area contributed by atoms with Gasteiger partial charge in [-0.15, -0.1) is 0 Å². The normalized spacial score (nSPS) is 9.06. The molecule has 17 heavy (non-hydrogen) atoms. The molecule has 0 atom stereocenters. The van der Waals surface area contributed by atoms with Crippen LogP contribution in [-0.2, 0) is 0 Å². The lowest BCUT2D eigenvalue weighted by Gasteiger charge is -1.98. The van der Waals surface area contributed by atoms with Crippen molar-refractivity contribution >= 4 is 12.0 Å². The molecule has 0 aliphatic heterocycles. The van der Waals surface area contributed by atoms with E-state index >= 15 is 0 Å². The van der Waals surface area contributed by atoms with E-state index < -0.39 is 0 Å². The number of hydrogen-bond acceptors (Lipinski definition) is 2. The van der Waals surface area contributed by atoms with Crippen molar-refractivity contribution in [3.8, 4) is 0 Å². The molecule has 2 N–H and O–H groups in total. The van der Waals surface area contributed by atoms with Gasteiger partial charge in [-0.2, -0.15) is 0 Å². The highest BCUT2D eigenvalue weighted by atomic mass is 16.1. The van der Waals surface area contributed by atoms with Gasteiger partial charge < -0.3 is 5.73 Å². The quantitative estimate of drug-likeness (QED) is 0.599. The molecule has 2 aromatic rings. The highest BCUT2D eigenvalue weighted by molar-refractivity contribution is 5.74. The van der Waals surface area contributed by atoms with Crippen LogP contribution in [0.2, 0.25) is 0 Å². The molecule has 0 aliphatic carbocycles. The fraction of sp³-hybridized carbons (Fsp3) is 0.133. The van der Waals surface area contributed by atoms with Gasteiger partial charge in [-0.1, -0.05) is 36.4 Å². The molecule has 0 aromatic heterocycles. The number of carbonyl (C=O) groups is 1. The minimum absolute atomic E-state index is 0.729. The molecule has 0 saturated carbocycles. The third-order valence-corrected chi connectivity index (χ3v) is 2.47. The topological polar surface area (TPSA) is 43.1 Å². The number of nitrogens with two attached hydrogens (primary N) is 1. The van der Waals surface area contributed by atoms with E-state index in [1.165, 1.54) is 11.1 Å². The van der Waals surface area contributed by atoms with Crippen molar-refractivity contribution in [2.75, 3.05) is 5.73 Å². The lowest BCUT2D eigenvalue weighted by Crippen LogP contribution is -1.86. The summed E-state index contributed by atoms with van der Waals surface area (Å²) in [7, 11) is 0. The Kier molecular flexibility index (Phi) is 4.95. The van der Waals surface area contributed by atoms with Crippen LogP contribution in [0.4, 0.5) is 5.69 Å². The summed E-state index contributed by atoms with van der Waals surface area (Å²) in [4.78, 5) is 10.0. The van der Waals surface area contributed by atoms with Gasteiger partial charge in [-0.25, -0.2) is 0 Å². The van der Waals surface area contributed by atoms with Crippen molar-refractivity contribution in [2.24, 2.45) is 0 Å². The van der Waals surface area contributed by atoms with Crippen molar-refractivity contribution < 1.29 is 4.79 Å². The van der Waals surface area contributed by atoms with Gasteiger partial charge in [-0.05, 0) is 37.1 Å². The highest BCUT2D eigenvalue weighted by Crippen LogP contribution is 2.09. The molecule has 0 radical (unpaired) electrons. The van der Waals surface area contributed by atoms with Crippen LogP contribution in [0.1, 0.15) is 21.5 Å². The van der Waals surface area contributed by atoms with Crippen LogP contribution in [0.5, 0.6) is 0 Å². The molecular formula is C15H17NO. The number of anilines is 1. The summed E-state index contributed by atoms with van der Waals surface area (Å²) in [5.74, 6) is 0. The Morgan fingerprint density at radius 1 is 0.941 bits per heavy atom. The Morgan fingerprint density at radius 2 is 1.59 bits per heavy atom. The maximum Gasteiger partial charge on any atom is 0.150 e. The van der Waals surface area contributed by atoms with E-state index in [-0.39, 0.29) is 0 Å². The number of carbonyl (C=O) groups excluding carboxylic acids is 1. The minimum atomic E-state index is 0.729. The second-order valence-electron chi connectivity index (χ2n) is 3.87. The molecule has 2 heteroatoms. The van der Waals surface area contributed by atoms with E-state index in [1.54, 1.807) is 12.1 Å². The van der Waals surface area contributed by atoms with E-state index in [9.17, 15) is 4.79 Å². The molecule has 0 heterocycles. The largest absolute Gasteiger partial charge is 0.399 e. The average molecular weight is 227 g/mol. The van der Waals surface area contributed by atoms with E-state index in [4.69, 9.17) is 5.73 Å². The number of hydrogen-bond donors (Lipinski definition) is 1. The average Bonchev–Trinajstić information content (AvgIpc) is 2.36. The number of benzene rings is 2. The molecule has 0 spiro atoms. The van der Waals surface area contributed by atoms with Gasteiger partial charge in [0.2, 0.25) is 0 Å². The molecule has 0 bridgehead atoms. The van der Waals surface area contributed by atoms with Crippen molar-refractivity contribution in [1.29, 1.82) is 0 Å². The van der Waals surface area contributed by atoms with Crippen molar-refractivity contribution in [2.45, 2.75) is 13.8 Å². The first-order valence-electron chi connectivity index (χ1n) is 5.46.